The molecule has 2 unspecified atom stereocenters. The fourth-order valence-electron chi connectivity index (χ4n) is 3.54. The van der Waals surface area contributed by atoms with Crippen molar-refractivity contribution < 1.29 is 9.90 Å². The molecule has 0 amide bonds. The number of carboxylic acids is 1. The van der Waals surface area contributed by atoms with Gasteiger partial charge in [-0.25, -0.2) is 0 Å². The van der Waals surface area contributed by atoms with E-state index in [1.165, 1.54) is 19.3 Å². The molecule has 1 N–H and O–H groups in total. The van der Waals surface area contributed by atoms with Crippen molar-refractivity contribution in [1.82, 2.24) is 4.90 Å². The van der Waals surface area contributed by atoms with Crippen LogP contribution in [0.2, 0.25) is 0 Å². The van der Waals surface area contributed by atoms with Gasteiger partial charge in [-0.1, -0.05) is 20.3 Å². The SMILES string of the molecule is CC1(C)CCCC1N1CCC(CC(=O)O)C1. The average Bonchev–Trinajstić information content (AvgIpc) is 2.70. The van der Waals surface area contributed by atoms with Gasteiger partial charge in [0.15, 0.2) is 0 Å². The lowest BCUT2D eigenvalue weighted by atomic mass is 9.86. The first-order valence-electron chi connectivity index (χ1n) is 6.45. The minimum atomic E-state index is -0.641. The van der Waals surface area contributed by atoms with Crippen molar-refractivity contribution >= 4 is 5.97 Å². The van der Waals surface area contributed by atoms with E-state index in [1.54, 1.807) is 0 Å². The molecule has 0 spiro atoms. The minimum absolute atomic E-state index is 0.351. The second-order valence-electron chi connectivity index (χ2n) is 6.14. The molecule has 92 valence electrons. The van der Waals surface area contributed by atoms with Crippen LogP contribution in [0.1, 0.15) is 46.0 Å². The van der Waals surface area contributed by atoms with Gasteiger partial charge in [-0.3, -0.25) is 9.69 Å². The number of hydrogen-bond acceptors (Lipinski definition) is 2. The molecule has 0 radical (unpaired) electrons. The molecule has 1 aliphatic heterocycles. The third-order valence-corrected chi connectivity index (χ3v) is 4.42. The highest BCUT2D eigenvalue weighted by atomic mass is 16.4. The van der Waals surface area contributed by atoms with Crippen LogP contribution >= 0.6 is 0 Å². The van der Waals surface area contributed by atoms with E-state index >= 15 is 0 Å². The van der Waals surface area contributed by atoms with Gasteiger partial charge in [0.2, 0.25) is 0 Å². The zero-order chi connectivity index (χ0) is 11.8. The Hall–Kier alpha value is -0.570. The van der Waals surface area contributed by atoms with E-state index in [1.807, 2.05) is 0 Å². The number of likely N-dealkylation sites (tertiary alicyclic amines) is 1. The number of rotatable bonds is 3. The summed E-state index contributed by atoms with van der Waals surface area (Å²) >= 11 is 0. The molecule has 1 heterocycles. The lowest BCUT2D eigenvalue weighted by molar-refractivity contribution is -0.138. The van der Waals surface area contributed by atoms with Crippen LogP contribution in [0.5, 0.6) is 0 Å². The molecule has 3 heteroatoms. The third kappa shape index (κ3) is 2.40. The zero-order valence-corrected chi connectivity index (χ0v) is 10.4. The first-order valence-corrected chi connectivity index (χ1v) is 6.45. The van der Waals surface area contributed by atoms with Crippen molar-refractivity contribution in [3.8, 4) is 0 Å². The van der Waals surface area contributed by atoms with Gasteiger partial charge >= 0.3 is 5.97 Å². The molecule has 1 saturated heterocycles. The molecule has 0 aromatic carbocycles. The Labute approximate surface area is 97.8 Å². The van der Waals surface area contributed by atoms with E-state index in [2.05, 4.69) is 18.7 Å². The Morgan fingerprint density at radius 1 is 1.44 bits per heavy atom. The quantitative estimate of drug-likeness (QED) is 0.801. The van der Waals surface area contributed by atoms with Gasteiger partial charge in [0.25, 0.3) is 0 Å². The van der Waals surface area contributed by atoms with Crippen LogP contribution in [0.4, 0.5) is 0 Å². The van der Waals surface area contributed by atoms with E-state index in [-0.39, 0.29) is 0 Å². The van der Waals surface area contributed by atoms with E-state index in [9.17, 15) is 4.79 Å². The summed E-state index contributed by atoms with van der Waals surface area (Å²) in [5.41, 5.74) is 0.429. The van der Waals surface area contributed by atoms with E-state index in [0.717, 1.165) is 19.5 Å². The van der Waals surface area contributed by atoms with Gasteiger partial charge in [0, 0.05) is 19.0 Å². The van der Waals surface area contributed by atoms with Crippen molar-refractivity contribution in [3.05, 3.63) is 0 Å². The molecular formula is C13H23NO2. The predicted octanol–water partition coefficient (Wildman–Crippen LogP) is 2.36. The lowest BCUT2D eigenvalue weighted by Gasteiger charge is -2.35. The summed E-state index contributed by atoms with van der Waals surface area (Å²) in [6.07, 6.45) is 5.37. The first-order chi connectivity index (χ1) is 7.49. The monoisotopic (exact) mass is 225 g/mol. The topological polar surface area (TPSA) is 40.5 Å². The summed E-state index contributed by atoms with van der Waals surface area (Å²) < 4.78 is 0. The Kier molecular flexibility index (Phi) is 3.24. The number of aliphatic carboxylic acids is 1. The summed E-state index contributed by atoms with van der Waals surface area (Å²) in [6, 6.07) is 0.686. The highest BCUT2D eigenvalue weighted by Crippen LogP contribution is 2.42. The Morgan fingerprint density at radius 3 is 2.75 bits per heavy atom. The zero-order valence-electron chi connectivity index (χ0n) is 10.4. The molecule has 0 aromatic rings. The van der Waals surface area contributed by atoms with Crippen LogP contribution in [0.25, 0.3) is 0 Å². The van der Waals surface area contributed by atoms with Gasteiger partial charge < -0.3 is 5.11 Å². The standard InChI is InChI=1S/C13H23NO2/c1-13(2)6-3-4-11(13)14-7-5-10(9-14)8-12(15)16/h10-11H,3-9H2,1-2H3,(H,15,16). The van der Waals surface area contributed by atoms with Crippen LogP contribution in [0, 0.1) is 11.3 Å². The Balaban J connectivity index is 1.91. The number of carbonyl (C=O) groups is 1. The largest absolute Gasteiger partial charge is 0.481 e. The van der Waals surface area contributed by atoms with Crippen LogP contribution in [0.15, 0.2) is 0 Å². The van der Waals surface area contributed by atoms with Gasteiger partial charge in [0.05, 0.1) is 0 Å². The van der Waals surface area contributed by atoms with Crippen LogP contribution in [0.3, 0.4) is 0 Å². The summed E-state index contributed by atoms with van der Waals surface area (Å²) in [5.74, 6) is -0.258. The van der Waals surface area contributed by atoms with E-state index in [4.69, 9.17) is 5.11 Å². The Morgan fingerprint density at radius 2 is 2.19 bits per heavy atom. The number of hydrogen-bond donors (Lipinski definition) is 1. The maximum absolute atomic E-state index is 10.7. The molecule has 2 atom stereocenters. The summed E-state index contributed by atoms with van der Waals surface area (Å²) in [6.45, 7) is 6.82. The predicted molar refractivity (Wildman–Crippen MR) is 63.4 cm³/mol. The average molecular weight is 225 g/mol. The highest BCUT2D eigenvalue weighted by Gasteiger charge is 2.40. The minimum Gasteiger partial charge on any atom is -0.481 e. The first kappa shape index (κ1) is 11.9. The van der Waals surface area contributed by atoms with Gasteiger partial charge in [0.1, 0.15) is 0 Å². The van der Waals surface area contributed by atoms with Gasteiger partial charge in [-0.15, -0.1) is 0 Å². The number of carboxylic acid groups (broad SMARTS) is 1. The van der Waals surface area contributed by atoms with Crippen molar-refractivity contribution in [2.45, 2.75) is 52.0 Å². The van der Waals surface area contributed by atoms with Crippen molar-refractivity contribution in [1.29, 1.82) is 0 Å². The molecule has 0 aromatic heterocycles. The van der Waals surface area contributed by atoms with Crippen molar-refractivity contribution in [2.24, 2.45) is 11.3 Å². The van der Waals surface area contributed by atoms with Gasteiger partial charge in [-0.05, 0) is 37.1 Å². The van der Waals surface area contributed by atoms with Gasteiger partial charge in [-0.2, -0.15) is 0 Å². The molecule has 2 rings (SSSR count). The van der Waals surface area contributed by atoms with Crippen molar-refractivity contribution in [3.63, 3.8) is 0 Å². The molecule has 1 aliphatic carbocycles. The fourth-order valence-corrected chi connectivity index (χ4v) is 3.54. The lowest BCUT2D eigenvalue weighted by Crippen LogP contribution is -2.40. The summed E-state index contributed by atoms with van der Waals surface area (Å²) in [5, 5.41) is 8.81. The molecule has 2 aliphatic rings. The maximum atomic E-state index is 10.7. The molecular weight excluding hydrogens is 202 g/mol. The van der Waals surface area contributed by atoms with Crippen molar-refractivity contribution in [2.75, 3.05) is 13.1 Å². The fraction of sp³-hybridized carbons (Fsp3) is 0.923. The molecule has 2 fully saturated rings. The Bertz CT molecular complexity index is 275. The second kappa shape index (κ2) is 4.36. The third-order valence-electron chi connectivity index (χ3n) is 4.42. The molecule has 16 heavy (non-hydrogen) atoms. The van der Waals surface area contributed by atoms with E-state index < -0.39 is 5.97 Å². The summed E-state index contributed by atoms with van der Waals surface area (Å²) in [4.78, 5) is 13.2. The summed E-state index contributed by atoms with van der Waals surface area (Å²) in [7, 11) is 0. The van der Waals surface area contributed by atoms with E-state index in [0.29, 0.717) is 23.8 Å². The molecule has 3 nitrogen and oxygen atoms in total. The number of nitrogens with zero attached hydrogens (tertiary/aromatic N) is 1. The van der Waals surface area contributed by atoms with Crippen LogP contribution in [-0.4, -0.2) is 35.1 Å². The smallest absolute Gasteiger partial charge is 0.303 e. The highest BCUT2D eigenvalue weighted by molar-refractivity contribution is 5.67. The molecule has 0 bridgehead atoms. The van der Waals surface area contributed by atoms with Crippen LogP contribution in [-0.2, 0) is 4.79 Å². The maximum Gasteiger partial charge on any atom is 0.303 e. The normalized spacial score (nSPS) is 34.4. The van der Waals surface area contributed by atoms with Crippen LogP contribution < -0.4 is 0 Å². The molecule has 1 saturated carbocycles. The second-order valence-corrected chi connectivity index (χ2v) is 6.14.